The van der Waals surface area contributed by atoms with Gasteiger partial charge in [-0.25, -0.2) is 4.79 Å². The first-order valence-electron chi connectivity index (χ1n) is 9.07. The summed E-state index contributed by atoms with van der Waals surface area (Å²) in [5.74, 6) is 6.89. The second-order valence-corrected chi connectivity index (χ2v) is 7.61. The number of carbonyl (C=O) groups is 2. The number of Topliss-reactive ketones (excluding diaryl/α,β-unsaturated/α-hetero) is 1. The topological polar surface area (TPSA) is 74.6 Å². The molecule has 0 bridgehead atoms. The van der Waals surface area contributed by atoms with E-state index in [1.807, 2.05) is 0 Å². The third-order valence-corrected chi connectivity index (χ3v) is 5.56. The lowest BCUT2D eigenvalue weighted by molar-refractivity contribution is -0.141. The Morgan fingerprint density at radius 1 is 1.25 bits per heavy atom. The van der Waals surface area contributed by atoms with Gasteiger partial charge in [-0.05, 0) is 50.2 Å². The van der Waals surface area contributed by atoms with Crippen LogP contribution >= 0.6 is 11.8 Å². The predicted molar refractivity (Wildman–Crippen MR) is 97.7 cm³/mol. The molecule has 136 valence electrons. The van der Waals surface area contributed by atoms with Gasteiger partial charge >= 0.3 is 5.97 Å². The van der Waals surface area contributed by atoms with E-state index in [9.17, 15) is 14.7 Å². The molecule has 0 aliphatic heterocycles. The molecule has 0 aromatic heterocycles. The number of rotatable bonds is 11. The van der Waals surface area contributed by atoms with Crippen LogP contribution in [-0.2, 0) is 9.59 Å². The van der Waals surface area contributed by atoms with E-state index >= 15 is 0 Å². The van der Waals surface area contributed by atoms with Crippen LogP contribution < -0.4 is 0 Å². The number of unbranched alkanes of at least 4 members (excludes halogenated alkanes) is 3. The number of carboxylic acid groups (broad SMARTS) is 1. The summed E-state index contributed by atoms with van der Waals surface area (Å²) in [7, 11) is 0. The van der Waals surface area contributed by atoms with Gasteiger partial charge in [0.1, 0.15) is 5.78 Å². The van der Waals surface area contributed by atoms with Gasteiger partial charge in [0, 0.05) is 25.2 Å². The van der Waals surface area contributed by atoms with Crippen molar-refractivity contribution in [3.63, 3.8) is 0 Å². The molecule has 1 rings (SSSR count). The number of aliphatic hydroxyl groups excluding tert-OH is 1. The van der Waals surface area contributed by atoms with Crippen LogP contribution in [0.5, 0.6) is 0 Å². The largest absolute Gasteiger partial charge is 0.479 e. The van der Waals surface area contributed by atoms with E-state index in [0.29, 0.717) is 23.9 Å². The van der Waals surface area contributed by atoms with Gasteiger partial charge in [-0.15, -0.1) is 23.6 Å². The van der Waals surface area contributed by atoms with Gasteiger partial charge in [-0.1, -0.05) is 13.3 Å². The van der Waals surface area contributed by atoms with Crippen molar-refractivity contribution in [2.45, 2.75) is 76.6 Å². The molecule has 0 saturated heterocycles. The number of aliphatic carboxylic acids is 1. The van der Waals surface area contributed by atoms with E-state index in [-0.39, 0.29) is 5.92 Å². The Balaban J connectivity index is 2.20. The maximum atomic E-state index is 12.1. The predicted octanol–water partition coefficient (Wildman–Crippen LogP) is 3.86. The van der Waals surface area contributed by atoms with E-state index in [2.05, 4.69) is 18.8 Å². The molecule has 1 fully saturated rings. The summed E-state index contributed by atoms with van der Waals surface area (Å²) in [6.45, 7) is 2.13. The maximum Gasteiger partial charge on any atom is 0.343 e. The summed E-state index contributed by atoms with van der Waals surface area (Å²) < 4.78 is 0. The standard InChI is InChI=1S/C19H30O4S/c1-2-3-4-5-6-7-10-15-12-13-17(20)16(15)11-8-9-14-24-19(23)18(21)22/h15-16,19,23H,2-3,6-14H2,1H3,(H,21,22)/t15-,16+,19?/m0/s1. The Kier molecular flexibility index (Phi) is 10.9. The normalized spacial score (nSPS) is 21.3. The molecule has 0 amide bonds. The van der Waals surface area contributed by atoms with E-state index in [1.54, 1.807) is 0 Å². The summed E-state index contributed by atoms with van der Waals surface area (Å²) in [4.78, 5) is 22.6. The van der Waals surface area contributed by atoms with Crippen molar-refractivity contribution < 1.29 is 19.8 Å². The zero-order valence-corrected chi connectivity index (χ0v) is 15.4. The van der Waals surface area contributed by atoms with Crippen LogP contribution in [0.3, 0.4) is 0 Å². The van der Waals surface area contributed by atoms with Gasteiger partial charge in [0.15, 0.2) is 5.44 Å². The SMILES string of the molecule is CCCC#CCCC[C@H]1CCC(=O)[C@@H]1CCCCSC(O)C(=O)O. The molecule has 0 spiro atoms. The van der Waals surface area contributed by atoms with Crippen LogP contribution in [0.15, 0.2) is 0 Å². The van der Waals surface area contributed by atoms with Gasteiger partial charge in [-0.2, -0.15) is 0 Å². The molecule has 2 N–H and O–H groups in total. The zero-order valence-electron chi connectivity index (χ0n) is 14.6. The Hall–Kier alpha value is -0.990. The minimum Gasteiger partial charge on any atom is -0.479 e. The number of ketones is 1. The average Bonchev–Trinajstić information content (AvgIpc) is 2.90. The number of thioether (sulfide) groups is 1. The highest BCUT2D eigenvalue weighted by atomic mass is 32.2. The lowest BCUT2D eigenvalue weighted by Crippen LogP contribution is -2.16. The van der Waals surface area contributed by atoms with Gasteiger partial charge in [0.2, 0.25) is 0 Å². The molecule has 0 radical (unpaired) electrons. The minimum atomic E-state index is -1.33. The Morgan fingerprint density at radius 2 is 2.00 bits per heavy atom. The number of aliphatic hydroxyl groups is 1. The summed E-state index contributed by atoms with van der Waals surface area (Å²) in [5.41, 5.74) is -1.33. The monoisotopic (exact) mass is 354 g/mol. The third kappa shape index (κ3) is 8.21. The first-order valence-corrected chi connectivity index (χ1v) is 10.1. The van der Waals surface area contributed by atoms with Crippen molar-refractivity contribution in [1.82, 2.24) is 0 Å². The highest BCUT2D eigenvalue weighted by Crippen LogP contribution is 2.36. The molecule has 4 nitrogen and oxygen atoms in total. The van der Waals surface area contributed by atoms with Gasteiger partial charge in [0.05, 0.1) is 0 Å². The highest BCUT2D eigenvalue weighted by Gasteiger charge is 2.33. The smallest absolute Gasteiger partial charge is 0.343 e. The van der Waals surface area contributed by atoms with Crippen molar-refractivity contribution >= 4 is 23.5 Å². The van der Waals surface area contributed by atoms with Crippen LogP contribution in [0, 0.1) is 23.7 Å². The molecule has 24 heavy (non-hydrogen) atoms. The van der Waals surface area contributed by atoms with Gasteiger partial charge in [0.25, 0.3) is 0 Å². The second-order valence-electron chi connectivity index (χ2n) is 6.42. The van der Waals surface area contributed by atoms with Crippen LogP contribution in [0.1, 0.15) is 71.1 Å². The fourth-order valence-corrected chi connectivity index (χ4v) is 3.94. The quantitative estimate of drug-likeness (QED) is 0.335. The molecular weight excluding hydrogens is 324 g/mol. The van der Waals surface area contributed by atoms with Gasteiger partial charge < -0.3 is 10.2 Å². The van der Waals surface area contributed by atoms with E-state index in [1.165, 1.54) is 0 Å². The molecule has 5 heteroatoms. The molecule has 1 aliphatic carbocycles. The van der Waals surface area contributed by atoms with Crippen LogP contribution in [0.4, 0.5) is 0 Å². The molecule has 1 aliphatic rings. The molecular formula is C19H30O4S. The second kappa shape index (κ2) is 12.4. The van der Waals surface area contributed by atoms with Crippen molar-refractivity contribution in [3.8, 4) is 11.8 Å². The summed E-state index contributed by atoms with van der Waals surface area (Å²) >= 11 is 1.05. The number of hydrogen-bond acceptors (Lipinski definition) is 4. The fraction of sp³-hybridized carbons (Fsp3) is 0.789. The van der Waals surface area contributed by atoms with Crippen molar-refractivity contribution in [2.75, 3.05) is 5.75 Å². The summed E-state index contributed by atoms with van der Waals surface area (Å²) in [6, 6.07) is 0. The lowest BCUT2D eigenvalue weighted by atomic mass is 9.87. The van der Waals surface area contributed by atoms with Crippen molar-refractivity contribution in [1.29, 1.82) is 0 Å². The summed E-state index contributed by atoms with van der Waals surface area (Å²) in [5, 5.41) is 17.8. The average molecular weight is 355 g/mol. The molecule has 0 heterocycles. The lowest BCUT2D eigenvalue weighted by Gasteiger charge is -2.17. The maximum absolute atomic E-state index is 12.1. The molecule has 0 aromatic rings. The number of carbonyl (C=O) groups excluding carboxylic acids is 1. The van der Waals surface area contributed by atoms with Gasteiger partial charge in [-0.3, -0.25) is 4.79 Å². The Bertz CT molecular complexity index is 452. The third-order valence-electron chi connectivity index (χ3n) is 4.52. The highest BCUT2D eigenvalue weighted by molar-refractivity contribution is 8.00. The van der Waals surface area contributed by atoms with Crippen LogP contribution in [-0.4, -0.2) is 33.2 Å². The van der Waals surface area contributed by atoms with Crippen LogP contribution in [0.25, 0.3) is 0 Å². The van der Waals surface area contributed by atoms with E-state index in [4.69, 9.17) is 5.11 Å². The van der Waals surface area contributed by atoms with Crippen molar-refractivity contribution in [2.24, 2.45) is 11.8 Å². The van der Waals surface area contributed by atoms with E-state index in [0.717, 1.165) is 69.5 Å². The molecule has 1 unspecified atom stereocenters. The molecule has 1 saturated carbocycles. The zero-order chi connectivity index (χ0) is 17.8. The Morgan fingerprint density at radius 3 is 2.71 bits per heavy atom. The number of hydrogen-bond donors (Lipinski definition) is 2. The first kappa shape index (κ1) is 21.1. The minimum absolute atomic E-state index is 0.183. The fourth-order valence-electron chi connectivity index (χ4n) is 3.21. The summed E-state index contributed by atoms with van der Waals surface area (Å²) in [6.07, 6.45) is 9.55. The van der Waals surface area contributed by atoms with Crippen molar-refractivity contribution in [3.05, 3.63) is 0 Å². The number of carboxylic acids is 1. The first-order chi connectivity index (χ1) is 11.6. The molecule has 3 atom stereocenters. The molecule has 0 aromatic carbocycles. The Labute approximate surface area is 149 Å². The van der Waals surface area contributed by atoms with Crippen LogP contribution in [0.2, 0.25) is 0 Å². The van der Waals surface area contributed by atoms with E-state index < -0.39 is 11.4 Å².